The van der Waals surface area contributed by atoms with E-state index in [0.29, 0.717) is 5.56 Å². The van der Waals surface area contributed by atoms with Gasteiger partial charge >= 0.3 is 5.97 Å². The van der Waals surface area contributed by atoms with E-state index in [-0.39, 0.29) is 5.88 Å². The highest BCUT2D eigenvalue weighted by molar-refractivity contribution is 5.92. The molecule has 79 valence electrons. The van der Waals surface area contributed by atoms with E-state index >= 15 is 0 Å². The fourth-order valence-corrected chi connectivity index (χ4v) is 1.32. The number of hydrogen-bond acceptors (Lipinski definition) is 3. The third kappa shape index (κ3) is 2.25. The van der Waals surface area contributed by atoms with Gasteiger partial charge in [0.05, 0.1) is 5.56 Å². The summed E-state index contributed by atoms with van der Waals surface area (Å²) in [6, 6.07) is 13.2. The van der Waals surface area contributed by atoms with Crippen LogP contribution in [0, 0.1) is 13.0 Å². The van der Waals surface area contributed by atoms with E-state index in [4.69, 9.17) is 4.74 Å². The van der Waals surface area contributed by atoms with Gasteiger partial charge in [-0.2, -0.15) is 0 Å². The molecule has 0 amide bonds. The zero-order chi connectivity index (χ0) is 11.4. The van der Waals surface area contributed by atoms with Crippen LogP contribution in [-0.4, -0.2) is 11.0 Å². The minimum absolute atomic E-state index is 0.260. The van der Waals surface area contributed by atoms with E-state index in [9.17, 15) is 4.79 Å². The van der Waals surface area contributed by atoms with Gasteiger partial charge in [0.25, 0.3) is 0 Å². The molecule has 0 aliphatic carbocycles. The minimum Gasteiger partial charge on any atom is -0.404 e. The van der Waals surface area contributed by atoms with E-state index in [0.717, 1.165) is 5.56 Å². The second-order valence-electron chi connectivity index (χ2n) is 3.30. The van der Waals surface area contributed by atoms with Crippen molar-refractivity contribution in [3.8, 4) is 5.88 Å². The van der Waals surface area contributed by atoms with Gasteiger partial charge in [0.15, 0.2) is 0 Å². The molecule has 0 atom stereocenters. The molecule has 0 aliphatic heterocycles. The minimum atomic E-state index is -0.398. The maximum atomic E-state index is 11.8. The number of esters is 1. The van der Waals surface area contributed by atoms with Crippen molar-refractivity contribution in [3.63, 3.8) is 0 Å². The average molecular weight is 212 g/mol. The predicted molar refractivity (Wildman–Crippen MR) is 59.2 cm³/mol. The monoisotopic (exact) mass is 212 g/mol. The second-order valence-corrected chi connectivity index (χ2v) is 3.30. The third-order valence-electron chi connectivity index (χ3n) is 2.14. The highest BCUT2D eigenvalue weighted by Crippen LogP contribution is 2.11. The number of ether oxygens (including phenoxy) is 1. The number of pyridine rings is 1. The largest absolute Gasteiger partial charge is 0.404 e. The maximum Gasteiger partial charge on any atom is 0.345 e. The van der Waals surface area contributed by atoms with Crippen molar-refractivity contribution in [3.05, 3.63) is 59.8 Å². The Hall–Kier alpha value is -2.16. The van der Waals surface area contributed by atoms with Gasteiger partial charge in [0.2, 0.25) is 5.88 Å². The molecule has 0 saturated carbocycles. The number of aryl methyl sites for hydroxylation is 1. The Bertz CT molecular complexity index is 494. The summed E-state index contributed by atoms with van der Waals surface area (Å²) in [5.41, 5.74) is 1.43. The van der Waals surface area contributed by atoms with Crippen molar-refractivity contribution in [1.29, 1.82) is 0 Å². The fourth-order valence-electron chi connectivity index (χ4n) is 1.32. The molecule has 1 aromatic carbocycles. The van der Waals surface area contributed by atoms with Crippen LogP contribution in [0.2, 0.25) is 0 Å². The van der Waals surface area contributed by atoms with Crippen LogP contribution in [0.4, 0.5) is 0 Å². The first-order valence-corrected chi connectivity index (χ1v) is 4.87. The SMILES string of the molecule is Cc1ccccc1C(=O)Oc1c[c]ccn1. The van der Waals surface area contributed by atoms with Gasteiger partial charge in [-0.25, -0.2) is 9.78 Å². The molecule has 2 rings (SSSR count). The third-order valence-corrected chi connectivity index (χ3v) is 2.14. The summed E-state index contributed by atoms with van der Waals surface area (Å²) < 4.78 is 5.10. The lowest BCUT2D eigenvalue weighted by atomic mass is 10.1. The van der Waals surface area contributed by atoms with Crippen molar-refractivity contribution in [2.45, 2.75) is 6.92 Å². The summed E-state index contributed by atoms with van der Waals surface area (Å²) in [4.78, 5) is 15.7. The van der Waals surface area contributed by atoms with Crippen molar-refractivity contribution < 1.29 is 9.53 Å². The van der Waals surface area contributed by atoms with Crippen molar-refractivity contribution in [2.75, 3.05) is 0 Å². The van der Waals surface area contributed by atoms with Crippen molar-refractivity contribution in [2.24, 2.45) is 0 Å². The van der Waals surface area contributed by atoms with Gasteiger partial charge in [-0.05, 0) is 30.7 Å². The topological polar surface area (TPSA) is 39.2 Å². The second kappa shape index (κ2) is 4.57. The van der Waals surface area contributed by atoms with Crippen LogP contribution < -0.4 is 4.74 Å². The van der Waals surface area contributed by atoms with E-state index in [1.807, 2.05) is 19.1 Å². The first-order valence-electron chi connectivity index (χ1n) is 4.87. The quantitative estimate of drug-likeness (QED) is 0.717. The lowest BCUT2D eigenvalue weighted by Crippen LogP contribution is -2.10. The van der Waals surface area contributed by atoms with Crippen LogP contribution in [-0.2, 0) is 0 Å². The first-order chi connectivity index (χ1) is 7.77. The van der Waals surface area contributed by atoms with E-state index in [1.165, 1.54) is 12.3 Å². The average Bonchev–Trinajstić information content (AvgIpc) is 2.31. The van der Waals surface area contributed by atoms with Crippen LogP contribution in [0.25, 0.3) is 0 Å². The standard InChI is InChI=1S/C13H10NO2/c1-10-6-2-3-7-11(10)13(15)16-12-8-4-5-9-14-12/h2-3,5-9H,1H3. The maximum absolute atomic E-state index is 11.8. The summed E-state index contributed by atoms with van der Waals surface area (Å²) >= 11 is 0. The van der Waals surface area contributed by atoms with E-state index in [2.05, 4.69) is 11.1 Å². The predicted octanol–water partition coefficient (Wildman–Crippen LogP) is 2.41. The normalized spacial score (nSPS) is 9.81. The van der Waals surface area contributed by atoms with Crippen LogP contribution in [0.3, 0.4) is 0 Å². The van der Waals surface area contributed by atoms with Crippen molar-refractivity contribution >= 4 is 5.97 Å². The fraction of sp³-hybridized carbons (Fsp3) is 0.0769. The highest BCUT2D eigenvalue weighted by atomic mass is 16.5. The molecular formula is C13H10NO2. The first kappa shape index (κ1) is 10.4. The van der Waals surface area contributed by atoms with Crippen molar-refractivity contribution in [1.82, 2.24) is 4.98 Å². The number of nitrogens with zero attached hydrogens (tertiary/aromatic N) is 1. The van der Waals surface area contributed by atoms with Crippen LogP contribution in [0.15, 0.2) is 42.6 Å². The molecule has 0 N–H and O–H groups in total. The van der Waals surface area contributed by atoms with Gasteiger partial charge in [-0.1, -0.05) is 18.2 Å². The lowest BCUT2D eigenvalue weighted by Gasteiger charge is -2.04. The molecule has 16 heavy (non-hydrogen) atoms. The summed E-state index contributed by atoms with van der Waals surface area (Å²) in [6.45, 7) is 1.86. The zero-order valence-corrected chi connectivity index (χ0v) is 8.81. The molecule has 2 aromatic rings. The summed E-state index contributed by atoms with van der Waals surface area (Å²) in [6.07, 6.45) is 1.53. The Kier molecular flexibility index (Phi) is 2.96. The molecule has 0 fully saturated rings. The highest BCUT2D eigenvalue weighted by Gasteiger charge is 2.10. The summed E-state index contributed by atoms with van der Waals surface area (Å²) in [7, 11) is 0. The lowest BCUT2D eigenvalue weighted by molar-refractivity contribution is 0.0727. The van der Waals surface area contributed by atoms with E-state index < -0.39 is 5.97 Å². The number of carbonyl (C=O) groups excluding carboxylic acids is 1. The Labute approximate surface area is 93.7 Å². The number of hydrogen-bond donors (Lipinski definition) is 0. The summed E-state index contributed by atoms with van der Waals surface area (Å²) in [5, 5.41) is 0. The molecule has 1 aromatic heterocycles. The molecule has 0 spiro atoms. The van der Waals surface area contributed by atoms with E-state index in [1.54, 1.807) is 18.2 Å². The number of rotatable bonds is 2. The Morgan fingerprint density at radius 1 is 1.38 bits per heavy atom. The molecule has 0 saturated heterocycles. The summed E-state index contributed by atoms with van der Waals surface area (Å²) in [5.74, 6) is -0.138. The Balaban J connectivity index is 2.19. The molecule has 0 bridgehead atoms. The molecule has 0 unspecified atom stereocenters. The number of aromatic nitrogens is 1. The molecule has 1 radical (unpaired) electrons. The molecule has 1 heterocycles. The van der Waals surface area contributed by atoms with Gasteiger partial charge < -0.3 is 4.74 Å². The Morgan fingerprint density at radius 3 is 2.88 bits per heavy atom. The zero-order valence-electron chi connectivity index (χ0n) is 8.81. The number of benzene rings is 1. The van der Waals surface area contributed by atoms with Gasteiger partial charge in [-0.3, -0.25) is 0 Å². The smallest absolute Gasteiger partial charge is 0.345 e. The number of carbonyl (C=O) groups is 1. The van der Waals surface area contributed by atoms with Gasteiger partial charge in [-0.15, -0.1) is 0 Å². The molecule has 0 aliphatic rings. The van der Waals surface area contributed by atoms with Gasteiger partial charge in [0, 0.05) is 12.3 Å². The van der Waals surface area contributed by atoms with Crippen LogP contribution in [0.5, 0.6) is 5.88 Å². The van der Waals surface area contributed by atoms with Crippen LogP contribution in [0.1, 0.15) is 15.9 Å². The Morgan fingerprint density at radius 2 is 2.19 bits per heavy atom. The van der Waals surface area contributed by atoms with Gasteiger partial charge in [0.1, 0.15) is 0 Å². The molecule has 3 heteroatoms. The molecule has 3 nitrogen and oxygen atoms in total. The molecular weight excluding hydrogens is 202 g/mol. The van der Waals surface area contributed by atoms with Crippen LogP contribution >= 0.6 is 0 Å².